The predicted octanol–water partition coefficient (Wildman–Crippen LogP) is 3.39. The molecule has 0 saturated carbocycles. The van der Waals surface area contributed by atoms with Gasteiger partial charge in [0.15, 0.2) is 0 Å². The van der Waals surface area contributed by atoms with Crippen molar-refractivity contribution >= 4 is 17.5 Å². The molecule has 1 N–H and O–H groups in total. The summed E-state index contributed by atoms with van der Waals surface area (Å²) in [7, 11) is 0. The molecule has 3 nitrogen and oxygen atoms in total. The molecule has 0 aliphatic carbocycles. The predicted molar refractivity (Wildman–Crippen MR) is 84.8 cm³/mol. The molecule has 0 atom stereocenters. The van der Waals surface area contributed by atoms with Gasteiger partial charge in [0, 0.05) is 5.02 Å². The monoisotopic (exact) mass is 303 g/mol. The molecule has 0 unspecified atom stereocenters. The molecule has 110 valence electrons. The molecule has 2 rings (SSSR count). The fourth-order valence-electron chi connectivity index (χ4n) is 1.99. The van der Waals surface area contributed by atoms with Crippen molar-refractivity contribution in [1.82, 2.24) is 5.32 Å². The van der Waals surface area contributed by atoms with Crippen molar-refractivity contribution in [3.63, 3.8) is 0 Å². The SMILES string of the molecule is Cc1cccc(CC(=O)NCCOc2cccc(Cl)c2)c1. The lowest BCUT2D eigenvalue weighted by atomic mass is 10.1. The van der Waals surface area contributed by atoms with Crippen LogP contribution in [-0.4, -0.2) is 19.1 Å². The molecule has 0 saturated heterocycles. The third-order valence-corrected chi connectivity index (χ3v) is 3.17. The summed E-state index contributed by atoms with van der Waals surface area (Å²) >= 11 is 5.86. The van der Waals surface area contributed by atoms with Crippen molar-refractivity contribution in [2.75, 3.05) is 13.2 Å². The number of carbonyl (C=O) groups is 1. The lowest BCUT2D eigenvalue weighted by molar-refractivity contribution is -0.120. The Labute approximate surface area is 129 Å². The normalized spacial score (nSPS) is 10.2. The number of carbonyl (C=O) groups excluding carboxylic acids is 1. The van der Waals surface area contributed by atoms with E-state index in [9.17, 15) is 4.79 Å². The van der Waals surface area contributed by atoms with Crippen LogP contribution in [-0.2, 0) is 11.2 Å². The summed E-state index contributed by atoms with van der Waals surface area (Å²) in [5, 5.41) is 3.47. The highest BCUT2D eigenvalue weighted by Crippen LogP contribution is 2.16. The van der Waals surface area contributed by atoms with Gasteiger partial charge < -0.3 is 10.1 Å². The van der Waals surface area contributed by atoms with Crippen LogP contribution in [0.25, 0.3) is 0 Å². The number of nitrogens with one attached hydrogen (secondary N) is 1. The Morgan fingerprint density at radius 1 is 1.19 bits per heavy atom. The van der Waals surface area contributed by atoms with Gasteiger partial charge in [-0.3, -0.25) is 4.79 Å². The first-order valence-corrected chi connectivity index (χ1v) is 7.22. The first kappa shape index (κ1) is 15.4. The largest absolute Gasteiger partial charge is 0.492 e. The van der Waals surface area contributed by atoms with E-state index in [4.69, 9.17) is 16.3 Å². The molecule has 0 radical (unpaired) electrons. The Balaban J connectivity index is 1.70. The second-order valence-corrected chi connectivity index (χ2v) is 5.26. The van der Waals surface area contributed by atoms with Crippen molar-refractivity contribution in [1.29, 1.82) is 0 Å². The molecule has 21 heavy (non-hydrogen) atoms. The molecule has 0 fully saturated rings. The number of benzene rings is 2. The van der Waals surface area contributed by atoms with E-state index in [0.717, 1.165) is 11.1 Å². The zero-order valence-electron chi connectivity index (χ0n) is 11.9. The van der Waals surface area contributed by atoms with Gasteiger partial charge in [-0.2, -0.15) is 0 Å². The van der Waals surface area contributed by atoms with Crippen LogP contribution in [0, 0.1) is 6.92 Å². The molecule has 0 bridgehead atoms. The van der Waals surface area contributed by atoms with Crippen molar-refractivity contribution in [2.45, 2.75) is 13.3 Å². The molecular weight excluding hydrogens is 286 g/mol. The van der Waals surface area contributed by atoms with Crippen molar-refractivity contribution in [2.24, 2.45) is 0 Å². The lowest BCUT2D eigenvalue weighted by Crippen LogP contribution is -2.29. The van der Waals surface area contributed by atoms with E-state index in [-0.39, 0.29) is 5.91 Å². The van der Waals surface area contributed by atoms with Crippen LogP contribution in [0.1, 0.15) is 11.1 Å². The Bertz CT molecular complexity index is 613. The zero-order chi connectivity index (χ0) is 15.1. The maximum atomic E-state index is 11.8. The first-order valence-electron chi connectivity index (χ1n) is 6.84. The van der Waals surface area contributed by atoms with Gasteiger partial charge in [-0.25, -0.2) is 0 Å². The van der Waals surface area contributed by atoms with E-state index in [1.54, 1.807) is 12.1 Å². The van der Waals surface area contributed by atoms with Crippen LogP contribution in [0.15, 0.2) is 48.5 Å². The second kappa shape index (κ2) is 7.70. The fourth-order valence-corrected chi connectivity index (χ4v) is 2.17. The molecule has 0 spiro atoms. The highest BCUT2D eigenvalue weighted by molar-refractivity contribution is 6.30. The summed E-state index contributed by atoms with van der Waals surface area (Å²) in [4.78, 5) is 11.8. The maximum absolute atomic E-state index is 11.8. The van der Waals surface area contributed by atoms with Crippen molar-refractivity contribution in [3.8, 4) is 5.75 Å². The molecule has 2 aromatic rings. The van der Waals surface area contributed by atoms with E-state index >= 15 is 0 Å². The molecule has 2 aromatic carbocycles. The van der Waals surface area contributed by atoms with Crippen LogP contribution in [0.2, 0.25) is 5.02 Å². The van der Waals surface area contributed by atoms with E-state index in [1.807, 2.05) is 43.3 Å². The molecule has 0 aliphatic heterocycles. The summed E-state index contributed by atoms with van der Waals surface area (Å²) in [6.45, 7) is 2.90. The summed E-state index contributed by atoms with van der Waals surface area (Å²) in [6, 6.07) is 15.1. The number of ether oxygens (including phenoxy) is 1. The van der Waals surface area contributed by atoms with Gasteiger partial charge in [0.1, 0.15) is 12.4 Å². The molecule has 0 aliphatic rings. The topological polar surface area (TPSA) is 38.3 Å². The Morgan fingerprint density at radius 3 is 2.76 bits per heavy atom. The van der Waals surface area contributed by atoms with Gasteiger partial charge in [0.2, 0.25) is 5.91 Å². The first-order chi connectivity index (χ1) is 10.1. The van der Waals surface area contributed by atoms with Crippen LogP contribution in [0.4, 0.5) is 0 Å². The Kier molecular flexibility index (Phi) is 5.64. The summed E-state index contributed by atoms with van der Waals surface area (Å²) in [5.74, 6) is 0.700. The van der Waals surface area contributed by atoms with E-state index in [2.05, 4.69) is 5.32 Å². The summed E-state index contributed by atoms with van der Waals surface area (Å²) < 4.78 is 5.51. The minimum Gasteiger partial charge on any atom is -0.492 e. The number of hydrogen-bond acceptors (Lipinski definition) is 2. The number of halogens is 1. The van der Waals surface area contributed by atoms with Crippen molar-refractivity contribution in [3.05, 3.63) is 64.7 Å². The highest BCUT2D eigenvalue weighted by Gasteiger charge is 2.03. The quantitative estimate of drug-likeness (QED) is 0.831. The average molecular weight is 304 g/mol. The standard InChI is InChI=1S/C17H18ClNO2/c1-13-4-2-5-14(10-13)11-17(20)19-8-9-21-16-7-3-6-15(18)12-16/h2-7,10,12H,8-9,11H2,1H3,(H,19,20). The van der Waals surface area contributed by atoms with E-state index in [1.165, 1.54) is 0 Å². The lowest BCUT2D eigenvalue weighted by Gasteiger charge is -2.08. The van der Waals surface area contributed by atoms with Crippen molar-refractivity contribution < 1.29 is 9.53 Å². The fraction of sp³-hybridized carbons (Fsp3) is 0.235. The molecule has 1 amide bonds. The van der Waals surface area contributed by atoms with Gasteiger partial charge in [-0.05, 0) is 30.7 Å². The van der Waals surface area contributed by atoms with E-state index < -0.39 is 0 Å². The van der Waals surface area contributed by atoms with Crippen LogP contribution >= 0.6 is 11.6 Å². The summed E-state index contributed by atoms with van der Waals surface area (Å²) in [5.41, 5.74) is 2.17. The van der Waals surface area contributed by atoms with Gasteiger partial charge in [-0.15, -0.1) is 0 Å². The number of hydrogen-bond donors (Lipinski definition) is 1. The molecule has 0 aromatic heterocycles. The van der Waals surface area contributed by atoms with Crippen LogP contribution < -0.4 is 10.1 Å². The van der Waals surface area contributed by atoms with Gasteiger partial charge >= 0.3 is 0 Å². The molecular formula is C17H18ClNO2. The van der Waals surface area contributed by atoms with Gasteiger partial charge in [0.05, 0.1) is 13.0 Å². The van der Waals surface area contributed by atoms with E-state index in [0.29, 0.717) is 30.3 Å². The minimum atomic E-state index is -0.00436. The second-order valence-electron chi connectivity index (χ2n) is 4.82. The van der Waals surface area contributed by atoms with Crippen LogP contribution in [0.3, 0.4) is 0 Å². The Morgan fingerprint density at radius 2 is 2.00 bits per heavy atom. The number of rotatable bonds is 6. The van der Waals surface area contributed by atoms with Gasteiger partial charge in [0.25, 0.3) is 0 Å². The van der Waals surface area contributed by atoms with Gasteiger partial charge in [-0.1, -0.05) is 47.5 Å². The number of amides is 1. The number of aryl methyl sites for hydroxylation is 1. The molecule has 4 heteroatoms. The minimum absolute atomic E-state index is 0.00436. The third-order valence-electron chi connectivity index (χ3n) is 2.94. The smallest absolute Gasteiger partial charge is 0.224 e. The maximum Gasteiger partial charge on any atom is 0.224 e. The highest BCUT2D eigenvalue weighted by atomic mass is 35.5. The van der Waals surface area contributed by atoms with Crippen LogP contribution in [0.5, 0.6) is 5.75 Å². The third kappa shape index (κ3) is 5.48. The summed E-state index contributed by atoms with van der Waals surface area (Å²) in [6.07, 6.45) is 0.388. The molecule has 0 heterocycles. The zero-order valence-corrected chi connectivity index (χ0v) is 12.7. The average Bonchev–Trinajstić information content (AvgIpc) is 2.44. The Hall–Kier alpha value is -2.00.